The fourth-order valence-electron chi connectivity index (χ4n) is 1.08. The molecule has 1 fully saturated rings. The summed E-state index contributed by atoms with van der Waals surface area (Å²) in [5.74, 6) is 0. The Bertz CT molecular complexity index is 106. The van der Waals surface area contributed by atoms with E-state index < -0.39 is 0 Å². The van der Waals surface area contributed by atoms with Gasteiger partial charge in [0, 0.05) is 7.11 Å². The quantitative estimate of drug-likeness (QED) is 0.624. The van der Waals surface area contributed by atoms with Crippen LogP contribution in [0.1, 0.15) is 26.2 Å². The van der Waals surface area contributed by atoms with Crippen molar-refractivity contribution in [1.82, 2.24) is 0 Å². The van der Waals surface area contributed by atoms with Gasteiger partial charge in [-0.3, -0.25) is 0 Å². The summed E-state index contributed by atoms with van der Waals surface area (Å²) in [4.78, 5) is 0. The minimum absolute atomic E-state index is 0.0279. The van der Waals surface area contributed by atoms with Gasteiger partial charge in [-0.25, -0.2) is 0 Å². The van der Waals surface area contributed by atoms with Gasteiger partial charge in [0.1, 0.15) is 6.61 Å². The first-order chi connectivity index (χ1) is 5.36. The summed E-state index contributed by atoms with van der Waals surface area (Å²) in [5.41, 5.74) is 0. The van der Waals surface area contributed by atoms with Gasteiger partial charge in [0.15, 0.2) is 12.6 Å². The molecule has 1 aliphatic heterocycles. The molecule has 1 heterocycles. The van der Waals surface area contributed by atoms with E-state index in [1.54, 1.807) is 7.11 Å². The highest BCUT2D eigenvalue weighted by Gasteiger charge is 2.24. The molecule has 0 aromatic carbocycles. The standard InChI is InChI=1S/C8H16O3/c1-3-4-5-7-10-6-8(9-2)11-7/h7-8H,3-6H2,1-2H3. The smallest absolute Gasteiger partial charge is 0.183 e. The predicted molar refractivity (Wildman–Crippen MR) is 41.1 cm³/mol. The molecule has 0 spiro atoms. The van der Waals surface area contributed by atoms with Crippen molar-refractivity contribution < 1.29 is 14.2 Å². The minimum Gasteiger partial charge on any atom is -0.353 e. The summed E-state index contributed by atoms with van der Waals surface area (Å²) < 4.78 is 15.7. The van der Waals surface area contributed by atoms with Crippen LogP contribution in [0.2, 0.25) is 0 Å². The van der Waals surface area contributed by atoms with Crippen LogP contribution in [0.5, 0.6) is 0 Å². The first-order valence-corrected chi connectivity index (χ1v) is 4.16. The van der Waals surface area contributed by atoms with Crippen LogP contribution in [-0.2, 0) is 14.2 Å². The Hall–Kier alpha value is -0.120. The maximum atomic E-state index is 5.37. The first-order valence-electron chi connectivity index (χ1n) is 4.16. The van der Waals surface area contributed by atoms with Crippen LogP contribution in [0.3, 0.4) is 0 Å². The van der Waals surface area contributed by atoms with E-state index in [0.29, 0.717) is 6.61 Å². The molecule has 2 atom stereocenters. The minimum atomic E-state index is -0.142. The maximum Gasteiger partial charge on any atom is 0.183 e. The first kappa shape index (κ1) is 8.97. The zero-order valence-corrected chi connectivity index (χ0v) is 7.21. The molecule has 3 heteroatoms. The third-order valence-electron chi connectivity index (χ3n) is 1.78. The van der Waals surface area contributed by atoms with Crippen LogP contribution >= 0.6 is 0 Å². The molecule has 0 aromatic heterocycles. The summed E-state index contributed by atoms with van der Waals surface area (Å²) in [5, 5.41) is 0. The second-order valence-electron chi connectivity index (χ2n) is 2.71. The Morgan fingerprint density at radius 3 is 2.91 bits per heavy atom. The van der Waals surface area contributed by atoms with Crippen molar-refractivity contribution in [3.63, 3.8) is 0 Å². The van der Waals surface area contributed by atoms with Crippen LogP contribution in [0.4, 0.5) is 0 Å². The molecular formula is C8H16O3. The van der Waals surface area contributed by atoms with Crippen molar-refractivity contribution in [1.29, 1.82) is 0 Å². The Labute approximate surface area is 67.6 Å². The van der Waals surface area contributed by atoms with E-state index in [2.05, 4.69) is 6.92 Å². The zero-order chi connectivity index (χ0) is 8.10. The lowest BCUT2D eigenvalue weighted by Gasteiger charge is -2.08. The third kappa shape index (κ3) is 2.77. The predicted octanol–water partition coefficient (Wildman–Crippen LogP) is 1.52. The molecule has 1 saturated heterocycles. The molecule has 0 radical (unpaired) electrons. The lowest BCUT2D eigenvalue weighted by molar-refractivity contribution is -0.132. The van der Waals surface area contributed by atoms with E-state index in [1.165, 1.54) is 6.42 Å². The summed E-state index contributed by atoms with van der Waals surface area (Å²) >= 11 is 0. The van der Waals surface area contributed by atoms with Crippen molar-refractivity contribution in [2.24, 2.45) is 0 Å². The summed E-state index contributed by atoms with van der Waals surface area (Å²) in [6, 6.07) is 0. The average molecular weight is 160 g/mol. The Morgan fingerprint density at radius 1 is 1.55 bits per heavy atom. The van der Waals surface area contributed by atoms with Gasteiger partial charge in [0.2, 0.25) is 0 Å². The van der Waals surface area contributed by atoms with Crippen LogP contribution in [-0.4, -0.2) is 26.3 Å². The summed E-state index contributed by atoms with van der Waals surface area (Å²) in [6.07, 6.45) is 3.15. The summed E-state index contributed by atoms with van der Waals surface area (Å²) in [7, 11) is 1.64. The van der Waals surface area contributed by atoms with Crippen LogP contribution in [0, 0.1) is 0 Å². The lowest BCUT2D eigenvalue weighted by Crippen LogP contribution is -2.13. The fourth-order valence-corrected chi connectivity index (χ4v) is 1.08. The molecule has 1 aliphatic rings. The molecule has 0 aliphatic carbocycles. The van der Waals surface area contributed by atoms with Crippen molar-refractivity contribution in [2.45, 2.75) is 38.8 Å². The molecular weight excluding hydrogens is 144 g/mol. The fraction of sp³-hybridized carbons (Fsp3) is 1.00. The molecule has 2 unspecified atom stereocenters. The number of ether oxygens (including phenoxy) is 3. The van der Waals surface area contributed by atoms with Gasteiger partial charge in [0.05, 0.1) is 0 Å². The zero-order valence-electron chi connectivity index (χ0n) is 7.21. The average Bonchev–Trinajstić information content (AvgIpc) is 2.48. The molecule has 66 valence electrons. The Balaban J connectivity index is 2.09. The monoisotopic (exact) mass is 160 g/mol. The number of rotatable bonds is 4. The second kappa shape index (κ2) is 4.70. The normalized spacial score (nSPS) is 31.1. The van der Waals surface area contributed by atoms with Gasteiger partial charge in [-0.15, -0.1) is 0 Å². The van der Waals surface area contributed by atoms with Gasteiger partial charge < -0.3 is 14.2 Å². The SMILES string of the molecule is CCCCC1OCC(OC)O1. The van der Waals surface area contributed by atoms with Crippen molar-refractivity contribution >= 4 is 0 Å². The van der Waals surface area contributed by atoms with Gasteiger partial charge in [-0.05, 0) is 12.8 Å². The highest BCUT2D eigenvalue weighted by molar-refractivity contribution is 4.56. The van der Waals surface area contributed by atoms with Crippen LogP contribution in [0.25, 0.3) is 0 Å². The third-order valence-corrected chi connectivity index (χ3v) is 1.78. The molecule has 3 nitrogen and oxygen atoms in total. The Morgan fingerprint density at radius 2 is 2.36 bits per heavy atom. The number of hydrogen-bond acceptors (Lipinski definition) is 3. The van der Waals surface area contributed by atoms with Crippen LogP contribution < -0.4 is 0 Å². The van der Waals surface area contributed by atoms with E-state index in [-0.39, 0.29) is 12.6 Å². The van der Waals surface area contributed by atoms with Crippen molar-refractivity contribution in [3.05, 3.63) is 0 Å². The highest BCUT2D eigenvalue weighted by atomic mass is 16.8. The highest BCUT2D eigenvalue weighted by Crippen LogP contribution is 2.16. The summed E-state index contributed by atoms with van der Waals surface area (Å²) in [6.45, 7) is 2.73. The second-order valence-corrected chi connectivity index (χ2v) is 2.71. The molecule has 0 aromatic rings. The molecule has 0 amide bonds. The number of hydrogen-bond donors (Lipinski definition) is 0. The molecule has 0 bridgehead atoms. The van der Waals surface area contributed by atoms with Gasteiger partial charge in [-0.1, -0.05) is 13.3 Å². The van der Waals surface area contributed by atoms with E-state index in [4.69, 9.17) is 14.2 Å². The molecule has 11 heavy (non-hydrogen) atoms. The molecule has 0 saturated carbocycles. The topological polar surface area (TPSA) is 27.7 Å². The number of unbranched alkanes of at least 4 members (excludes halogenated alkanes) is 1. The van der Waals surface area contributed by atoms with E-state index >= 15 is 0 Å². The van der Waals surface area contributed by atoms with Gasteiger partial charge in [-0.2, -0.15) is 0 Å². The Kier molecular flexibility index (Phi) is 3.83. The van der Waals surface area contributed by atoms with Crippen LogP contribution in [0.15, 0.2) is 0 Å². The van der Waals surface area contributed by atoms with E-state index in [1.807, 2.05) is 0 Å². The van der Waals surface area contributed by atoms with E-state index in [9.17, 15) is 0 Å². The van der Waals surface area contributed by atoms with Gasteiger partial charge in [0.25, 0.3) is 0 Å². The van der Waals surface area contributed by atoms with Crippen molar-refractivity contribution in [2.75, 3.05) is 13.7 Å². The van der Waals surface area contributed by atoms with Crippen molar-refractivity contribution in [3.8, 4) is 0 Å². The molecule has 0 N–H and O–H groups in total. The molecule has 1 rings (SSSR count). The maximum absolute atomic E-state index is 5.37. The lowest BCUT2D eigenvalue weighted by atomic mass is 10.2. The van der Waals surface area contributed by atoms with E-state index in [0.717, 1.165) is 12.8 Å². The largest absolute Gasteiger partial charge is 0.353 e. The van der Waals surface area contributed by atoms with Gasteiger partial charge >= 0.3 is 0 Å². The number of methoxy groups -OCH3 is 1.